The van der Waals surface area contributed by atoms with E-state index in [1.165, 1.54) is 11.1 Å². The van der Waals surface area contributed by atoms with Crippen molar-refractivity contribution in [3.8, 4) is 11.1 Å². The molecule has 0 aliphatic rings. The minimum Gasteiger partial charge on any atom is -0.147 e. The largest absolute Gasteiger partial charge is 0.147 e. The third kappa shape index (κ3) is 3.26. The van der Waals surface area contributed by atoms with Crippen LogP contribution in [0.15, 0.2) is 48.5 Å². The van der Waals surface area contributed by atoms with Gasteiger partial charge >= 0.3 is 0 Å². The summed E-state index contributed by atoms with van der Waals surface area (Å²) in [6, 6.07) is 20.0. The summed E-state index contributed by atoms with van der Waals surface area (Å²) < 4.78 is 0. The first kappa shape index (κ1) is 12.6. The Morgan fingerprint density at radius 1 is 1.00 bits per heavy atom. The first-order valence-electron chi connectivity index (χ1n) is 4.96. The zero-order chi connectivity index (χ0) is 9.80. The molecule has 0 unspecified atom stereocenters. The van der Waals surface area contributed by atoms with Gasteiger partial charge < -0.3 is 0 Å². The molecular formula is C14H13Y-. The molecule has 2 aromatic rings. The van der Waals surface area contributed by atoms with Gasteiger partial charge in [0.15, 0.2) is 0 Å². The fourth-order valence-corrected chi connectivity index (χ4v) is 1.49. The molecule has 0 fully saturated rings. The van der Waals surface area contributed by atoms with Crippen molar-refractivity contribution in [2.24, 2.45) is 0 Å². The Hall–Kier alpha value is -0.456. The van der Waals surface area contributed by atoms with Gasteiger partial charge in [0, 0.05) is 32.7 Å². The van der Waals surface area contributed by atoms with Crippen molar-refractivity contribution in [1.29, 1.82) is 0 Å². The van der Waals surface area contributed by atoms with Crippen LogP contribution in [0.2, 0.25) is 0 Å². The van der Waals surface area contributed by atoms with Gasteiger partial charge in [0.05, 0.1) is 0 Å². The van der Waals surface area contributed by atoms with Gasteiger partial charge in [0.25, 0.3) is 0 Å². The van der Waals surface area contributed by atoms with Crippen molar-refractivity contribution in [3.63, 3.8) is 0 Å². The van der Waals surface area contributed by atoms with Gasteiger partial charge in [-0.3, -0.25) is 0 Å². The summed E-state index contributed by atoms with van der Waals surface area (Å²) in [7, 11) is 0. The Kier molecular flexibility index (Phi) is 5.21. The molecule has 73 valence electrons. The number of hydrogen-bond donors (Lipinski definition) is 0. The molecule has 1 heteroatoms. The van der Waals surface area contributed by atoms with E-state index in [9.17, 15) is 0 Å². The molecule has 0 amide bonds. The van der Waals surface area contributed by atoms with Gasteiger partial charge in [0.2, 0.25) is 0 Å². The molecule has 0 spiro atoms. The minimum absolute atomic E-state index is 0. The van der Waals surface area contributed by atoms with Crippen LogP contribution in [0.5, 0.6) is 0 Å². The molecule has 0 aliphatic heterocycles. The van der Waals surface area contributed by atoms with E-state index in [4.69, 9.17) is 0 Å². The monoisotopic (exact) mass is 270 g/mol. The van der Waals surface area contributed by atoms with Crippen LogP contribution in [0, 0.1) is 6.07 Å². The Morgan fingerprint density at radius 2 is 1.73 bits per heavy atom. The van der Waals surface area contributed by atoms with Crippen LogP contribution in [-0.2, 0) is 39.1 Å². The smallest absolute Gasteiger partial charge is 0 e. The van der Waals surface area contributed by atoms with Crippen molar-refractivity contribution in [2.45, 2.75) is 13.3 Å². The van der Waals surface area contributed by atoms with E-state index in [2.05, 4.69) is 43.3 Å². The zero-order valence-corrected chi connectivity index (χ0v) is 11.7. The van der Waals surface area contributed by atoms with Crippen molar-refractivity contribution in [3.05, 3.63) is 60.2 Å². The first-order chi connectivity index (χ1) is 6.90. The fraction of sp³-hybridized carbons (Fsp3) is 0.143. The zero-order valence-electron chi connectivity index (χ0n) is 8.90. The molecule has 0 atom stereocenters. The maximum Gasteiger partial charge on any atom is 0 e. The Balaban J connectivity index is 0.00000112. The predicted octanol–water partition coefficient (Wildman–Crippen LogP) is 3.71. The summed E-state index contributed by atoms with van der Waals surface area (Å²) >= 11 is 0. The van der Waals surface area contributed by atoms with E-state index in [0.717, 1.165) is 12.0 Å². The molecule has 0 bridgehead atoms. The summed E-state index contributed by atoms with van der Waals surface area (Å²) in [5.41, 5.74) is 3.78. The summed E-state index contributed by atoms with van der Waals surface area (Å²) in [5, 5.41) is 0. The number of aryl methyl sites for hydroxylation is 1. The third-order valence-electron chi connectivity index (χ3n) is 2.38. The fourth-order valence-electron chi connectivity index (χ4n) is 1.49. The second kappa shape index (κ2) is 6.20. The summed E-state index contributed by atoms with van der Waals surface area (Å²) in [5.74, 6) is 0. The Labute approximate surface area is 117 Å². The van der Waals surface area contributed by atoms with Crippen LogP contribution in [0.25, 0.3) is 11.1 Å². The predicted molar refractivity (Wildman–Crippen MR) is 60.1 cm³/mol. The van der Waals surface area contributed by atoms with Crippen LogP contribution >= 0.6 is 0 Å². The molecule has 15 heavy (non-hydrogen) atoms. The van der Waals surface area contributed by atoms with Crippen LogP contribution in [0.4, 0.5) is 0 Å². The Bertz CT molecular complexity index is 389. The number of benzene rings is 2. The average Bonchev–Trinajstić information content (AvgIpc) is 2.30. The van der Waals surface area contributed by atoms with Gasteiger partial charge in [-0.1, -0.05) is 36.8 Å². The van der Waals surface area contributed by atoms with Crippen LogP contribution in [0.3, 0.4) is 0 Å². The van der Waals surface area contributed by atoms with E-state index in [1.807, 2.05) is 18.2 Å². The van der Waals surface area contributed by atoms with Gasteiger partial charge in [-0.2, -0.15) is 0 Å². The van der Waals surface area contributed by atoms with Gasteiger partial charge in [-0.05, 0) is 12.0 Å². The minimum atomic E-state index is 0. The molecule has 0 N–H and O–H groups in total. The quantitative estimate of drug-likeness (QED) is 0.730. The van der Waals surface area contributed by atoms with Gasteiger partial charge in [0.1, 0.15) is 0 Å². The van der Waals surface area contributed by atoms with E-state index in [1.54, 1.807) is 0 Å². The Morgan fingerprint density at radius 3 is 2.27 bits per heavy atom. The standard InChI is InChI=1S/C14H13.Y/c1-2-12-8-10-14(11-9-12)13-6-4-3-5-7-13;/h3-6,8-11H,2H2,1H3;/q-1;. The second-order valence-electron chi connectivity index (χ2n) is 3.33. The van der Waals surface area contributed by atoms with E-state index < -0.39 is 0 Å². The second-order valence-corrected chi connectivity index (χ2v) is 3.33. The molecule has 0 saturated heterocycles. The molecular weight excluding hydrogens is 257 g/mol. The molecule has 0 aromatic heterocycles. The van der Waals surface area contributed by atoms with E-state index >= 15 is 0 Å². The van der Waals surface area contributed by atoms with Crippen molar-refractivity contribution >= 4 is 0 Å². The molecule has 0 aliphatic carbocycles. The average molecular weight is 270 g/mol. The van der Waals surface area contributed by atoms with Crippen molar-refractivity contribution in [1.82, 2.24) is 0 Å². The SMILES string of the molecule is CCc1ccc(-c2[c-]cccc2)cc1.[Y]. The number of hydrogen-bond acceptors (Lipinski definition) is 0. The van der Waals surface area contributed by atoms with E-state index in [-0.39, 0.29) is 32.7 Å². The molecule has 2 aromatic carbocycles. The normalized spacial score (nSPS) is 9.40. The van der Waals surface area contributed by atoms with Crippen LogP contribution in [-0.4, -0.2) is 0 Å². The van der Waals surface area contributed by atoms with E-state index in [0.29, 0.717) is 0 Å². The number of rotatable bonds is 2. The molecule has 1 radical (unpaired) electrons. The summed E-state index contributed by atoms with van der Waals surface area (Å²) in [4.78, 5) is 0. The third-order valence-corrected chi connectivity index (χ3v) is 2.38. The molecule has 0 nitrogen and oxygen atoms in total. The summed E-state index contributed by atoms with van der Waals surface area (Å²) in [6.45, 7) is 2.17. The maximum atomic E-state index is 3.22. The molecule has 0 heterocycles. The van der Waals surface area contributed by atoms with Crippen molar-refractivity contribution in [2.75, 3.05) is 0 Å². The van der Waals surface area contributed by atoms with Gasteiger partial charge in [-0.15, -0.1) is 35.9 Å². The van der Waals surface area contributed by atoms with Crippen LogP contribution < -0.4 is 0 Å². The summed E-state index contributed by atoms with van der Waals surface area (Å²) in [6.07, 6.45) is 1.10. The van der Waals surface area contributed by atoms with Gasteiger partial charge in [-0.25, -0.2) is 0 Å². The maximum absolute atomic E-state index is 3.22. The molecule has 0 saturated carbocycles. The topological polar surface area (TPSA) is 0 Å². The molecule has 2 rings (SSSR count). The van der Waals surface area contributed by atoms with Crippen LogP contribution in [0.1, 0.15) is 12.5 Å². The van der Waals surface area contributed by atoms with Crippen molar-refractivity contribution < 1.29 is 32.7 Å². The first-order valence-corrected chi connectivity index (χ1v) is 4.96.